The highest BCUT2D eigenvalue weighted by Crippen LogP contribution is 2.34. The van der Waals surface area contributed by atoms with E-state index in [1.165, 1.54) is 12.1 Å². The molecular weight excluding hydrogens is 399 g/mol. The van der Waals surface area contributed by atoms with Gasteiger partial charge in [0.1, 0.15) is 22.8 Å². The summed E-state index contributed by atoms with van der Waals surface area (Å²) in [4.78, 5) is 32.2. The zero-order chi connectivity index (χ0) is 23.2. The molecule has 0 saturated heterocycles. The van der Waals surface area contributed by atoms with E-state index >= 15 is 0 Å². The number of amides is 2. The lowest BCUT2D eigenvalue weighted by atomic mass is 9.94. The molecule has 0 fully saturated rings. The average molecular weight is 431 g/mol. The molecule has 2 heterocycles. The average Bonchev–Trinajstić information content (AvgIpc) is 3.05. The molecule has 0 spiro atoms. The van der Waals surface area contributed by atoms with Gasteiger partial charge in [-0.3, -0.25) is 4.79 Å². The first-order chi connectivity index (χ1) is 14.2. The summed E-state index contributed by atoms with van der Waals surface area (Å²) in [6.45, 7) is 13.6. The highest BCUT2D eigenvalue weighted by atomic mass is 19.1. The number of fused-ring (bicyclic) bond motifs is 1. The van der Waals surface area contributed by atoms with Crippen molar-refractivity contribution in [2.24, 2.45) is 0 Å². The maximum atomic E-state index is 13.4. The molecule has 1 aliphatic rings. The molecule has 168 valence electrons. The summed E-state index contributed by atoms with van der Waals surface area (Å²) in [5.41, 5.74) is -0.989. The van der Waals surface area contributed by atoms with Crippen LogP contribution >= 0.6 is 0 Å². The van der Waals surface area contributed by atoms with E-state index in [1.54, 1.807) is 51.7 Å². The van der Waals surface area contributed by atoms with E-state index in [2.05, 4.69) is 5.32 Å². The summed E-state index contributed by atoms with van der Waals surface area (Å²) in [6, 6.07) is 6.18. The Bertz CT molecular complexity index is 987. The lowest BCUT2D eigenvalue weighted by molar-refractivity contribution is -0.145. The fourth-order valence-corrected chi connectivity index (χ4v) is 3.75. The molecule has 0 atom stereocenters. The quantitative estimate of drug-likeness (QED) is 0.796. The summed E-state index contributed by atoms with van der Waals surface area (Å²) in [7, 11) is 0. The van der Waals surface area contributed by atoms with Crippen molar-refractivity contribution in [1.29, 1.82) is 0 Å². The first-order valence-corrected chi connectivity index (χ1v) is 10.4. The van der Waals surface area contributed by atoms with E-state index in [4.69, 9.17) is 9.72 Å². The van der Waals surface area contributed by atoms with Crippen LogP contribution in [-0.4, -0.2) is 44.1 Å². The van der Waals surface area contributed by atoms with Crippen LogP contribution in [0.15, 0.2) is 30.5 Å². The van der Waals surface area contributed by atoms with Crippen LogP contribution in [0.3, 0.4) is 0 Å². The topological polar surface area (TPSA) is 76.5 Å². The van der Waals surface area contributed by atoms with E-state index in [-0.39, 0.29) is 11.7 Å². The minimum absolute atomic E-state index is 0.221. The Balaban J connectivity index is 1.84. The number of imidazole rings is 1. The third-order valence-corrected chi connectivity index (χ3v) is 5.30. The number of hydrogen-bond donors (Lipinski definition) is 1. The summed E-state index contributed by atoms with van der Waals surface area (Å²) >= 11 is 0. The van der Waals surface area contributed by atoms with Gasteiger partial charge in [0.2, 0.25) is 5.91 Å². The predicted octanol–water partition coefficient (Wildman–Crippen LogP) is 4.07. The van der Waals surface area contributed by atoms with Gasteiger partial charge in [-0.05, 0) is 72.7 Å². The lowest BCUT2D eigenvalue weighted by Crippen LogP contribution is -2.62. The molecular formula is C23H31FN4O3. The molecule has 31 heavy (non-hydrogen) atoms. The Morgan fingerprint density at radius 2 is 1.71 bits per heavy atom. The Kier molecular flexibility index (Phi) is 5.63. The van der Waals surface area contributed by atoms with Gasteiger partial charge in [0, 0.05) is 24.8 Å². The second kappa shape index (κ2) is 7.66. The van der Waals surface area contributed by atoms with Crippen molar-refractivity contribution in [2.75, 3.05) is 6.54 Å². The van der Waals surface area contributed by atoms with E-state index in [9.17, 15) is 14.0 Å². The number of carbonyl (C=O) groups is 2. The van der Waals surface area contributed by atoms with Crippen LogP contribution in [0, 0.1) is 5.82 Å². The summed E-state index contributed by atoms with van der Waals surface area (Å²) < 4.78 is 20.6. The van der Waals surface area contributed by atoms with E-state index in [0.29, 0.717) is 13.1 Å². The molecule has 0 bridgehead atoms. The molecule has 0 unspecified atom stereocenters. The molecule has 2 aromatic rings. The van der Waals surface area contributed by atoms with Gasteiger partial charge in [0.05, 0.1) is 11.2 Å². The number of hydrogen-bond acceptors (Lipinski definition) is 4. The Labute approximate surface area is 182 Å². The van der Waals surface area contributed by atoms with Crippen LogP contribution < -0.4 is 5.32 Å². The smallest absolute Gasteiger partial charge is 0.408 e. The van der Waals surface area contributed by atoms with Gasteiger partial charge in [0.25, 0.3) is 0 Å². The van der Waals surface area contributed by atoms with E-state index in [0.717, 1.165) is 17.1 Å². The zero-order valence-electron chi connectivity index (χ0n) is 19.2. The highest BCUT2D eigenvalue weighted by molar-refractivity contribution is 5.90. The summed E-state index contributed by atoms with van der Waals surface area (Å²) in [5, 5.41) is 2.69. The first kappa shape index (κ1) is 22.8. The number of nitrogens with one attached hydrogen (secondary N) is 1. The molecule has 1 aromatic carbocycles. The number of nitrogens with zero attached hydrogens (tertiary/aromatic N) is 3. The van der Waals surface area contributed by atoms with Crippen LogP contribution in [0.2, 0.25) is 0 Å². The second-order valence-corrected chi connectivity index (χ2v) is 9.92. The number of halogens is 1. The van der Waals surface area contributed by atoms with Crippen molar-refractivity contribution < 1.29 is 18.7 Å². The third kappa shape index (κ3) is 4.73. The minimum atomic E-state index is -1.16. The monoisotopic (exact) mass is 430 g/mol. The fourth-order valence-electron chi connectivity index (χ4n) is 3.75. The van der Waals surface area contributed by atoms with Crippen LogP contribution in [0.5, 0.6) is 0 Å². The van der Waals surface area contributed by atoms with Gasteiger partial charge >= 0.3 is 6.09 Å². The molecule has 1 N–H and O–H groups in total. The van der Waals surface area contributed by atoms with Gasteiger partial charge in [0.15, 0.2) is 0 Å². The largest absolute Gasteiger partial charge is 0.444 e. The number of rotatable bonds is 3. The number of aromatic nitrogens is 2. The van der Waals surface area contributed by atoms with Crippen molar-refractivity contribution in [2.45, 2.75) is 71.7 Å². The highest BCUT2D eigenvalue weighted by Gasteiger charge is 2.45. The molecule has 1 aliphatic heterocycles. The first-order valence-electron chi connectivity index (χ1n) is 10.4. The van der Waals surface area contributed by atoms with Gasteiger partial charge in [-0.15, -0.1) is 0 Å². The van der Waals surface area contributed by atoms with Crippen LogP contribution in [0.4, 0.5) is 9.18 Å². The van der Waals surface area contributed by atoms with Crippen molar-refractivity contribution in [3.05, 3.63) is 42.1 Å². The SMILES string of the molecule is CC(C)(C)OC(=O)NC(C)(C)C(=O)N1CCn2cc(-c3ccc(F)cc3)nc2C1(C)C. The lowest BCUT2D eigenvalue weighted by Gasteiger charge is -2.45. The van der Waals surface area contributed by atoms with Gasteiger partial charge < -0.3 is 19.5 Å². The van der Waals surface area contributed by atoms with E-state index < -0.39 is 22.8 Å². The minimum Gasteiger partial charge on any atom is -0.444 e. The van der Waals surface area contributed by atoms with Gasteiger partial charge in [-0.2, -0.15) is 0 Å². The Hall–Kier alpha value is -2.90. The number of carbonyl (C=O) groups excluding carboxylic acids is 2. The summed E-state index contributed by atoms with van der Waals surface area (Å²) in [5.74, 6) is 0.213. The molecule has 1 aromatic heterocycles. The van der Waals surface area contributed by atoms with Crippen molar-refractivity contribution in [3.8, 4) is 11.3 Å². The molecule has 8 heteroatoms. The molecule has 0 saturated carbocycles. The maximum absolute atomic E-state index is 13.4. The molecule has 0 aliphatic carbocycles. The molecule has 0 radical (unpaired) electrons. The van der Waals surface area contributed by atoms with Crippen molar-refractivity contribution in [3.63, 3.8) is 0 Å². The number of ether oxygens (including phenoxy) is 1. The van der Waals surface area contributed by atoms with Crippen LogP contribution in [0.25, 0.3) is 11.3 Å². The Morgan fingerprint density at radius 1 is 1.10 bits per heavy atom. The summed E-state index contributed by atoms with van der Waals surface area (Å²) in [6.07, 6.45) is 1.29. The normalized spacial score (nSPS) is 15.9. The predicted molar refractivity (Wildman–Crippen MR) is 116 cm³/mol. The van der Waals surface area contributed by atoms with Crippen molar-refractivity contribution in [1.82, 2.24) is 19.8 Å². The standard InChI is InChI=1S/C23H31FN4O3/c1-21(2,3)31-20(30)26-22(4,5)19(29)28-13-12-27-14-17(25-18(27)23(28,6)7)15-8-10-16(24)11-9-15/h8-11,14H,12-13H2,1-7H3,(H,26,30). The van der Waals surface area contributed by atoms with E-state index in [1.807, 2.05) is 24.6 Å². The van der Waals surface area contributed by atoms with Crippen molar-refractivity contribution >= 4 is 12.0 Å². The number of alkyl carbamates (subject to hydrolysis) is 1. The van der Waals surface area contributed by atoms with Crippen LogP contribution in [-0.2, 0) is 21.6 Å². The molecule has 2 amide bonds. The van der Waals surface area contributed by atoms with Gasteiger partial charge in [-0.25, -0.2) is 14.2 Å². The molecule has 3 rings (SSSR count). The zero-order valence-corrected chi connectivity index (χ0v) is 19.2. The van der Waals surface area contributed by atoms with Crippen LogP contribution in [0.1, 0.15) is 54.3 Å². The fraction of sp³-hybridized carbons (Fsp3) is 0.522. The second-order valence-electron chi connectivity index (χ2n) is 9.92. The number of benzene rings is 1. The third-order valence-electron chi connectivity index (χ3n) is 5.30. The maximum Gasteiger partial charge on any atom is 0.408 e. The van der Waals surface area contributed by atoms with Gasteiger partial charge in [-0.1, -0.05) is 0 Å². The Morgan fingerprint density at radius 3 is 2.29 bits per heavy atom. The molecule has 7 nitrogen and oxygen atoms in total.